The molecule has 1 N–H and O–H groups in total. The maximum absolute atomic E-state index is 10.8. The Morgan fingerprint density at radius 2 is 2.06 bits per heavy atom. The highest BCUT2D eigenvalue weighted by molar-refractivity contribution is 5.88. The molecule has 0 fully saturated rings. The van der Waals surface area contributed by atoms with E-state index in [-0.39, 0.29) is 12.2 Å². The van der Waals surface area contributed by atoms with E-state index in [1.165, 1.54) is 6.07 Å². The quantitative estimate of drug-likeness (QED) is 0.891. The fourth-order valence-electron chi connectivity index (χ4n) is 1.49. The van der Waals surface area contributed by atoms with Crippen molar-refractivity contribution in [3.05, 3.63) is 53.6 Å². The molecule has 2 aromatic rings. The van der Waals surface area contributed by atoms with Crippen LogP contribution in [0, 0.1) is 6.92 Å². The van der Waals surface area contributed by atoms with Gasteiger partial charge in [-0.1, -0.05) is 0 Å². The fourth-order valence-corrected chi connectivity index (χ4v) is 1.49. The van der Waals surface area contributed by atoms with E-state index < -0.39 is 5.97 Å². The number of carboxylic acid groups (broad SMARTS) is 1. The molecule has 1 aromatic carbocycles. The number of nitrogens with zero attached hydrogens (tertiary/aromatic N) is 2. The van der Waals surface area contributed by atoms with Crippen molar-refractivity contribution in [1.29, 1.82) is 0 Å². The fraction of sp³-hybridized carbons (Fsp3) is 0.154. The van der Waals surface area contributed by atoms with Gasteiger partial charge in [0.15, 0.2) is 5.82 Å². The standard InChI is InChI=1S/C13H12N2O3/c1-9-7-10(13(16)17)3-4-11(9)18-8-12-14-5-2-6-15-12/h2-7H,8H2,1H3,(H,16,17). The highest BCUT2D eigenvalue weighted by Gasteiger charge is 2.06. The Morgan fingerprint density at radius 1 is 1.33 bits per heavy atom. The van der Waals surface area contributed by atoms with Crippen molar-refractivity contribution in [2.75, 3.05) is 0 Å². The summed E-state index contributed by atoms with van der Waals surface area (Å²) in [6.45, 7) is 2.06. The zero-order valence-electron chi connectivity index (χ0n) is 9.83. The van der Waals surface area contributed by atoms with Crippen LogP contribution in [0.25, 0.3) is 0 Å². The van der Waals surface area contributed by atoms with E-state index in [1.54, 1.807) is 37.5 Å². The largest absolute Gasteiger partial charge is 0.485 e. The molecule has 0 spiro atoms. The van der Waals surface area contributed by atoms with Crippen molar-refractivity contribution in [3.63, 3.8) is 0 Å². The number of hydrogen-bond donors (Lipinski definition) is 1. The average molecular weight is 244 g/mol. The van der Waals surface area contributed by atoms with E-state index in [2.05, 4.69) is 9.97 Å². The predicted octanol–water partition coefficient (Wildman–Crippen LogP) is 2.06. The van der Waals surface area contributed by atoms with Crippen LogP contribution in [-0.4, -0.2) is 21.0 Å². The van der Waals surface area contributed by atoms with Gasteiger partial charge in [0, 0.05) is 12.4 Å². The Balaban J connectivity index is 2.08. The molecule has 1 heterocycles. The SMILES string of the molecule is Cc1cc(C(=O)O)ccc1OCc1ncccn1. The van der Waals surface area contributed by atoms with Gasteiger partial charge in [-0.15, -0.1) is 0 Å². The van der Waals surface area contributed by atoms with Crippen molar-refractivity contribution in [3.8, 4) is 5.75 Å². The molecule has 0 atom stereocenters. The van der Waals surface area contributed by atoms with Crippen LogP contribution in [0.2, 0.25) is 0 Å². The number of aromatic nitrogens is 2. The summed E-state index contributed by atoms with van der Waals surface area (Å²) in [6.07, 6.45) is 3.29. The number of ether oxygens (including phenoxy) is 1. The number of rotatable bonds is 4. The number of carboxylic acids is 1. The van der Waals surface area contributed by atoms with Gasteiger partial charge in [-0.25, -0.2) is 14.8 Å². The molecular formula is C13H12N2O3. The minimum Gasteiger partial charge on any atom is -0.485 e. The molecule has 0 saturated heterocycles. The summed E-state index contributed by atoms with van der Waals surface area (Å²) in [6, 6.07) is 6.46. The Hall–Kier alpha value is -2.43. The van der Waals surface area contributed by atoms with Crippen molar-refractivity contribution >= 4 is 5.97 Å². The Labute approximate surface area is 104 Å². The van der Waals surface area contributed by atoms with E-state index >= 15 is 0 Å². The molecule has 0 unspecified atom stereocenters. The van der Waals surface area contributed by atoms with Crippen molar-refractivity contribution in [2.24, 2.45) is 0 Å². The first-order valence-electron chi connectivity index (χ1n) is 5.39. The van der Waals surface area contributed by atoms with Gasteiger partial charge in [0.1, 0.15) is 12.4 Å². The van der Waals surface area contributed by atoms with Gasteiger partial charge in [0.25, 0.3) is 0 Å². The molecular weight excluding hydrogens is 232 g/mol. The summed E-state index contributed by atoms with van der Waals surface area (Å²) in [5, 5.41) is 8.85. The number of hydrogen-bond acceptors (Lipinski definition) is 4. The van der Waals surface area contributed by atoms with E-state index in [4.69, 9.17) is 9.84 Å². The van der Waals surface area contributed by atoms with E-state index in [0.717, 1.165) is 5.56 Å². The summed E-state index contributed by atoms with van der Waals surface area (Å²) in [4.78, 5) is 18.9. The lowest BCUT2D eigenvalue weighted by Crippen LogP contribution is -2.02. The number of carbonyl (C=O) groups is 1. The predicted molar refractivity (Wildman–Crippen MR) is 64.5 cm³/mol. The molecule has 18 heavy (non-hydrogen) atoms. The van der Waals surface area contributed by atoms with Crippen LogP contribution in [0.4, 0.5) is 0 Å². The first-order valence-corrected chi connectivity index (χ1v) is 5.39. The lowest BCUT2D eigenvalue weighted by molar-refractivity contribution is 0.0696. The third-order valence-corrected chi connectivity index (χ3v) is 2.40. The Kier molecular flexibility index (Phi) is 3.52. The first kappa shape index (κ1) is 12.0. The minimum absolute atomic E-state index is 0.246. The summed E-state index contributed by atoms with van der Waals surface area (Å²) in [7, 11) is 0. The molecule has 2 rings (SSSR count). The van der Waals surface area contributed by atoms with Gasteiger partial charge in [0.2, 0.25) is 0 Å². The maximum atomic E-state index is 10.8. The highest BCUT2D eigenvalue weighted by Crippen LogP contribution is 2.19. The topological polar surface area (TPSA) is 72.3 Å². The summed E-state index contributed by atoms with van der Waals surface area (Å²) < 4.78 is 5.54. The molecule has 1 aromatic heterocycles. The molecule has 0 saturated carbocycles. The zero-order valence-corrected chi connectivity index (χ0v) is 9.83. The Morgan fingerprint density at radius 3 is 2.67 bits per heavy atom. The van der Waals surface area contributed by atoms with E-state index in [1.807, 2.05) is 0 Å². The maximum Gasteiger partial charge on any atom is 0.335 e. The number of aromatic carboxylic acids is 1. The molecule has 5 heteroatoms. The number of benzene rings is 1. The molecule has 0 bridgehead atoms. The molecule has 0 aliphatic carbocycles. The third kappa shape index (κ3) is 2.82. The molecule has 0 aliphatic heterocycles. The third-order valence-electron chi connectivity index (χ3n) is 2.40. The molecule has 0 aliphatic rings. The van der Waals surface area contributed by atoms with Gasteiger partial charge < -0.3 is 9.84 Å². The first-order chi connectivity index (χ1) is 8.66. The summed E-state index contributed by atoms with van der Waals surface area (Å²) >= 11 is 0. The average Bonchev–Trinajstić information content (AvgIpc) is 2.38. The van der Waals surface area contributed by atoms with Crippen molar-refractivity contribution in [2.45, 2.75) is 13.5 Å². The molecule has 0 amide bonds. The van der Waals surface area contributed by atoms with Crippen LogP contribution in [0.15, 0.2) is 36.7 Å². The van der Waals surface area contributed by atoms with Crippen LogP contribution in [0.5, 0.6) is 5.75 Å². The van der Waals surface area contributed by atoms with Crippen LogP contribution in [0.1, 0.15) is 21.7 Å². The van der Waals surface area contributed by atoms with Gasteiger partial charge in [-0.3, -0.25) is 0 Å². The Bertz CT molecular complexity index is 555. The lowest BCUT2D eigenvalue weighted by atomic mass is 10.1. The van der Waals surface area contributed by atoms with Crippen molar-refractivity contribution < 1.29 is 14.6 Å². The normalized spacial score (nSPS) is 10.1. The molecule has 0 radical (unpaired) electrons. The zero-order chi connectivity index (χ0) is 13.0. The van der Waals surface area contributed by atoms with Crippen LogP contribution >= 0.6 is 0 Å². The smallest absolute Gasteiger partial charge is 0.335 e. The second kappa shape index (κ2) is 5.27. The van der Waals surface area contributed by atoms with Gasteiger partial charge in [-0.2, -0.15) is 0 Å². The summed E-state index contributed by atoms with van der Waals surface area (Å²) in [5.74, 6) is 0.266. The van der Waals surface area contributed by atoms with E-state index in [9.17, 15) is 4.79 Å². The molecule has 92 valence electrons. The number of aryl methyl sites for hydroxylation is 1. The van der Waals surface area contributed by atoms with E-state index in [0.29, 0.717) is 11.6 Å². The molecule has 5 nitrogen and oxygen atoms in total. The van der Waals surface area contributed by atoms with Crippen molar-refractivity contribution in [1.82, 2.24) is 9.97 Å². The second-order valence-corrected chi connectivity index (χ2v) is 3.74. The van der Waals surface area contributed by atoms with Crippen LogP contribution < -0.4 is 4.74 Å². The monoisotopic (exact) mass is 244 g/mol. The second-order valence-electron chi connectivity index (χ2n) is 3.74. The van der Waals surface area contributed by atoms with Gasteiger partial charge in [-0.05, 0) is 36.8 Å². The summed E-state index contributed by atoms with van der Waals surface area (Å²) in [5.41, 5.74) is 1.02. The lowest BCUT2D eigenvalue weighted by Gasteiger charge is -2.08. The van der Waals surface area contributed by atoms with Gasteiger partial charge in [0.05, 0.1) is 5.56 Å². The minimum atomic E-state index is -0.948. The van der Waals surface area contributed by atoms with Crippen LogP contribution in [-0.2, 0) is 6.61 Å². The highest BCUT2D eigenvalue weighted by atomic mass is 16.5. The van der Waals surface area contributed by atoms with Gasteiger partial charge >= 0.3 is 5.97 Å². The van der Waals surface area contributed by atoms with Crippen LogP contribution in [0.3, 0.4) is 0 Å².